The van der Waals surface area contributed by atoms with Crippen LogP contribution in [0, 0.1) is 6.92 Å². The Morgan fingerprint density at radius 1 is 1.61 bits per heavy atom. The van der Waals surface area contributed by atoms with Crippen LogP contribution in [0.5, 0.6) is 0 Å². The molecule has 96 valence electrons. The molecule has 0 radical (unpaired) electrons. The van der Waals surface area contributed by atoms with Crippen molar-refractivity contribution in [3.63, 3.8) is 0 Å². The Balaban J connectivity index is 2.04. The molecule has 0 saturated heterocycles. The van der Waals surface area contributed by atoms with Crippen molar-refractivity contribution < 1.29 is 9.32 Å². The minimum absolute atomic E-state index is 0.195. The second-order valence-electron chi connectivity index (χ2n) is 3.56. The number of amides is 1. The van der Waals surface area contributed by atoms with Crippen LogP contribution in [-0.4, -0.2) is 23.1 Å². The number of carbonyl (C=O) groups is 1. The Morgan fingerprint density at radius 2 is 2.39 bits per heavy atom. The first kappa shape index (κ1) is 12.4. The summed E-state index contributed by atoms with van der Waals surface area (Å²) in [5.41, 5.74) is 6.20. The molecule has 0 aliphatic heterocycles. The van der Waals surface area contributed by atoms with Gasteiger partial charge in [-0.25, -0.2) is 0 Å². The van der Waals surface area contributed by atoms with E-state index >= 15 is 0 Å². The molecule has 4 N–H and O–H groups in total. The second-order valence-corrected chi connectivity index (χ2v) is 4.62. The van der Waals surface area contributed by atoms with Crippen LogP contribution < -0.4 is 16.4 Å². The van der Waals surface area contributed by atoms with E-state index in [1.54, 1.807) is 20.0 Å². The fourth-order valence-electron chi connectivity index (χ4n) is 1.36. The summed E-state index contributed by atoms with van der Waals surface area (Å²) in [5.74, 6) is 0.878. The molecule has 0 bridgehead atoms. The van der Waals surface area contributed by atoms with Crippen molar-refractivity contribution in [1.82, 2.24) is 15.5 Å². The standard InChI is InChI=1S/C10H13N5O2S/c1-5-14-7(17-15-5)4-13-8-3-6(11)9(18-8)10(16)12-2/h3,13H,4,11H2,1-2H3,(H,12,16). The predicted octanol–water partition coefficient (Wildman–Crippen LogP) is 0.993. The average molecular weight is 267 g/mol. The first-order valence-corrected chi connectivity index (χ1v) is 6.06. The van der Waals surface area contributed by atoms with Gasteiger partial charge >= 0.3 is 0 Å². The zero-order valence-corrected chi connectivity index (χ0v) is 10.8. The van der Waals surface area contributed by atoms with Crippen LogP contribution in [0.3, 0.4) is 0 Å². The van der Waals surface area contributed by atoms with Gasteiger partial charge in [0, 0.05) is 7.05 Å². The number of hydrogen-bond acceptors (Lipinski definition) is 7. The highest BCUT2D eigenvalue weighted by molar-refractivity contribution is 7.18. The maximum atomic E-state index is 11.5. The Hall–Kier alpha value is -2.09. The Labute approximate surface area is 107 Å². The quantitative estimate of drug-likeness (QED) is 0.763. The number of carbonyl (C=O) groups excluding carboxylic acids is 1. The van der Waals surface area contributed by atoms with Gasteiger partial charge in [0.2, 0.25) is 5.89 Å². The Bertz CT molecular complexity index is 562. The molecule has 18 heavy (non-hydrogen) atoms. The molecule has 2 rings (SSSR count). The molecule has 0 saturated carbocycles. The SMILES string of the molecule is CNC(=O)c1sc(NCc2nc(C)no2)cc1N. The number of nitrogens with two attached hydrogens (primary N) is 1. The summed E-state index contributed by atoms with van der Waals surface area (Å²) in [7, 11) is 1.57. The van der Waals surface area contributed by atoms with Crippen LogP contribution in [0.1, 0.15) is 21.4 Å². The van der Waals surface area contributed by atoms with Gasteiger partial charge in [-0.1, -0.05) is 5.16 Å². The number of anilines is 2. The number of nitrogen functional groups attached to an aromatic ring is 1. The van der Waals surface area contributed by atoms with E-state index in [9.17, 15) is 4.79 Å². The molecule has 2 aromatic heterocycles. The lowest BCUT2D eigenvalue weighted by Crippen LogP contribution is -2.17. The molecule has 0 fully saturated rings. The van der Waals surface area contributed by atoms with E-state index in [1.807, 2.05) is 0 Å². The van der Waals surface area contributed by atoms with Crippen molar-refractivity contribution >= 4 is 27.9 Å². The largest absolute Gasteiger partial charge is 0.397 e. The van der Waals surface area contributed by atoms with E-state index in [1.165, 1.54) is 11.3 Å². The van der Waals surface area contributed by atoms with Gasteiger partial charge < -0.3 is 20.9 Å². The van der Waals surface area contributed by atoms with E-state index in [-0.39, 0.29) is 5.91 Å². The monoisotopic (exact) mass is 267 g/mol. The van der Waals surface area contributed by atoms with Gasteiger partial charge in [0.1, 0.15) is 4.88 Å². The molecule has 7 nitrogen and oxygen atoms in total. The highest BCUT2D eigenvalue weighted by atomic mass is 32.1. The van der Waals surface area contributed by atoms with Crippen molar-refractivity contribution in [2.45, 2.75) is 13.5 Å². The van der Waals surface area contributed by atoms with Crippen LogP contribution in [0.4, 0.5) is 10.7 Å². The smallest absolute Gasteiger partial charge is 0.263 e. The van der Waals surface area contributed by atoms with Crippen LogP contribution >= 0.6 is 11.3 Å². The number of aryl methyl sites for hydroxylation is 1. The molecule has 0 spiro atoms. The summed E-state index contributed by atoms with van der Waals surface area (Å²) in [6.07, 6.45) is 0. The average Bonchev–Trinajstić information content (AvgIpc) is 2.92. The lowest BCUT2D eigenvalue weighted by Gasteiger charge is -1.97. The van der Waals surface area contributed by atoms with Crippen molar-refractivity contribution in [2.75, 3.05) is 18.1 Å². The van der Waals surface area contributed by atoms with Crippen LogP contribution in [0.25, 0.3) is 0 Å². The van der Waals surface area contributed by atoms with Crippen LogP contribution in [0.15, 0.2) is 10.6 Å². The van der Waals surface area contributed by atoms with Crippen molar-refractivity contribution in [1.29, 1.82) is 0 Å². The van der Waals surface area contributed by atoms with Crippen molar-refractivity contribution in [3.05, 3.63) is 22.7 Å². The topological polar surface area (TPSA) is 106 Å². The van der Waals surface area contributed by atoms with E-state index in [0.29, 0.717) is 28.8 Å². The number of rotatable bonds is 4. The number of hydrogen-bond donors (Lipinski definition) is 3. The number of nitrogens with one attached hydrogen (secondary N) is 2. The maximum absolute atomic E-state index is 11.5. The second kappa shape index (κ2) is 5.05. The zero-order chi connectivity index (χ0) is 13.1. The number of nitrogens with zero attached hydrogens (tertiary/aromatic N) is 2. The number of thiophene rings is 1. The molecule has 0 unspecified atom stereocenters. The Morgan fingerprint density at radius 3 is 3.00 bits per heavy atom. The Kier molecular flexibility index (Phi) is 3.47. The molecule has 8 heteroatoms. The van der Waals surface area contributed by atoms with Gasteiger partial charge in [0.25, 0.3) is 5.91 Å². The van der Waals surface area contributed by atoms with Gasteiger partial charge in [0.05, 0.1) is 17.2 Å². The van der Waals surface area contributed by atoms with Gasteiger partial charge in [-0.2, -0.15) is 4.98 Å². The van der Waals surface area contributed by atoms with Crippen molar-refractivity contribution in [2.24, 2.45) is 0 Å². The summed E-state index contributed by atoms with van der Waals surface area (Å²) in [6, 6.07) is 1.71. The van der Waals surface area contributed by atoms with Gasteiger partial charge in [-0.05, 0) is 13.0 Å². The van der Waals surface area contributed by atoms with E-state index in [0.717, 1.165) is 5.00 Å². The molecule has 0 aromatic carbocycles. The van der Waals surface area contributed by atoms with E-state index < -0.39 is 0 Å². The first-order valence-electron chi connectivity index (χ1n) is 5.24. The molecule has 1 amide bonds. The molecule has 2 heterocycles. The number of aromatic nitrogens is 2. The third-order valence-corrected chi connectivity index (χ3v) is 3.28. The normalized spacial score (nSPS) is 10.3. The summed E-state index contributed by atoms with van der Waals surface area (Å²) >= 11 is 1.28. The van der Waals surface area contributed by atoms with E-state index in [2.05, 4.69) is 20.8 Å². The minimum Gasteiger partial charge on any atom is -0.397 e. The van der Waals surface area contributed by atoms with Crippen molar-refractivity contribution in [3.8, 4) is 0 Å². The molecule has 0 atom stereocenters. The van der Waals surface area contributed by atoms with Gasteiger partial charge in [-0.15, -0.1) is 11.3 Å². The third kappa shape index (κ3) is 2.59. The highest BCUT2D eigenvalue weighted by Crippen LogP contribution is 2.29. The summed E-state index contributed by atoms with van der Waals surface area (Å²) in [6.45, 7) is 2.15. The fourth-order valence-corrected chi connectivity index (χ4v) is 2.28. The lowest BCUT2D eigenvalue weighted by atomic mass is 10.4. The molecule has 0 aliphatic carbocycles. The molecular weight excluding hydrogens is 254 g/mol. The lowest BCUT2D eigenvalue weighted by molar-refractivity contribution is 0.0968. The molecule has 0 aliphatic rings. The van der Waals surface area contributed by atoms with Crippen LogP contribution in [0.2, 0.25) is 0 Å². The van der Waals surface area contributed by atoms with E-state index in [4.69, 9.17) is 10.3 Å². The summed E-state index contributed by atoms with van der Waals surface area (Å²) < 4.78 is 4.96. The first-order chi connectivity index (χ1) is 8.60. The molecular formula is C10H13N5O2S. The van der Waals surface area contributed by atoms with Gasteiger partial charge in [0.15, 0.2) is 5.82 Å². The maximum Gasteiger partial charge on any atom is 0.263 e. The summed E-state index contributed by atoms with van der Waals surface area (Å²) in [4.78, 5) is 16.0. The zero-order valence-electron chi connectivity index (χ0n) is 9.98. The third-order valence-electron chi connectivity index (χ3n) is 2.18. The molecule has 2 aromatic rings. The highest BCUT2D eigenvalue weighted by Gasteiger charge is 2.13. The predicted molar refractivity (Wildman–Crippen MR) is 68.5 cm³/mol. The van der Waals surface area contributed by atoms with Crippen LogP contribution in [-0.2, 0) is 6.54 Å². The van der Waals surface area contributed by atoms with Gasteiger partial charge in [-0.3, -0.25) is 4.79 Å². The fraction of sp³-hybridized carbons (Fsp3) is 0.300. The minimum atomic E-state index is -0.195. The summed E-state index contributed by atoms with van der Waals surface area (Å²) in [5, 5.41) is 10.1.